The SMILES string of the molecule is O=C(NCc1ccccc1[N+](=O)[O-])c1cc(S)ccc1Br. The highest BCUT2D eigenvalue weighted by Gasteiger charge is 2.15. The topological polar surface area (TPSA) is 72.2 Å². The predicted octanol–water partition coefficient (Wildman–Crippen LogP) is 3.58. The molecule has 1 amide bonds. The third kappa shape index (κ3) is 3.83. The van der Waals surface area contributed by atoms with Gasteiger partial charge < -0.3 is 5.32 Å². The van der Waals surface area contributed by atoms with Crippen LogP contribution in [0, 0.1) is 10.1 Å². The Morgan fingerprint density at radius 1 is 1.29 bits per heavy atom. The third-order valence-electron chi connectivity index (χ3n) is 2.82. The number of carbonyl (C=O) groups excluding carboxylic acids is 1. The van der Waals surface area contributed by atoms with Gasteiger partial charge in [0.2, 0.25) is 0 Å². The molecule has 0 fully saturated rings. The fourth-order valence-electron chi connectivity index (χ4n) is 1.80. The molecule has 0 aliphatic heterocycles. The van der Waals surface area contributed by atoms with Crippen LogP contribution in [0.15, 0.2) is 51.8 Å². The van der Waals surface area contributed by atoms with E-state index in [1.165, 1.54) is 6.07 Å². The summed E-state index contributed by atoms with van der Waals surface area (Å²) in [6, 6.07) is 11.4. The van der Waals surface area contributed by atoms with Gasteiger partial charge in [0, 0.05) is 27.5 Å². The fraction of sp³-hybridized carbons (Fsp3) is 0.0714. The van der Waals surface area contributed by atoms with Crippen molar-refractivity contribution in [2.45, 2.75) is 11.4 Å². The Morgan fingerprint density at radius 2 is 2.00 bits per heavy atom. The van der Waals surface area contributed by atoms with Gasteiger partial charge >= 0.3 is 0 Å². The largest absolute Gasteiger partial charge is 0.348 e. The van der Waals surface area contributed by atoms with Gasteiger partial charge in [0.25, 0.3) is 11.6 Å². The van der Waals surface area contributed by atoms with Gasteiger partial charge in [-0.25, -0.2) is 0 Å². The van der Waals surface area contributed by atoms with Crippen molar-refractivity contribution in [3.05, 3.63) is 68.2 Å². The number of para-hydroxylation sites is 1. The molecule has 0 bridgehead atoms. The summed E-state index contributed by atoms with van der Waals surface area (Å²) in [5, 5.41) is 13.6. The first-order chi connectivity index (χ1) is 9.99. The number of rotatable bonds is 4. The molecular weight excluding hydrogens is 356 g/mol. The van der Waals surface area contributed by atoms with Crippen LogP contribution in [0.2, 0.25) is 0 Å². The molecular formula is C14H11BrN2O3S. The van der Waals surface area contributed by atoms with Crippen LogP contribution in [0.25, 0.3) is 0 Å². The molecule has 0 spiro atoms. The highest BCUT2D eigenvalue weighted by molar-refractivity contribution is 9.10. The van der Waals surface area contributed by atoms with Crippen LogP contribution >= 0.6 is 28.6 Å². The number of nitrogens with zero attached hydrogens (tertiary/aromatic N) is 1. The van der Waals surface area contributed by atoms with Crippen molar-refractivity contribution in [2.75, 3.05) is 0 Å². The Hall–Kier alpha value is -1.86. The van der Waals surface area contributed by atoms with Gasteiger partial charge in [-0.15, -0.1) is 12.6 Å². The Morgan fingerprint density at radius 3 is 2.71 bits per heavy atom. The van der Waals surface area contributed by atoms with Crippen molar-refractivity contribution in [3.8, 4) is 0 Å². The molecule has 2 rings (SSSR count). The minimum absolute atomic E-state index is 0.0141. The Balaban J connectivity index is 2.15. The predicted molar refractivity (Wildman–Crippen MR) is 85.7 cm³/mol. The summed E-state index contributed by atoms with van der Waals surface area (Å²) in [7, 11) is 0. The number of nitro groups is 1. The zero-order valence-electron chi connectivity index (χ0n) is 10.7. The number of benzene rings is 2. The van der Waals surface area contributed by atoms with Crippen LogP contribution in [0.4, 0.5) is 5.69 Å². The van der Waals surface area contributed by atoms with E-state index in [-0.39, 0.29) is 18.1 Å². The second kappa shape index (κ2) is 6.73. The molecule has 0 unspecified atom stereocenters. The van der Waals surface area contributed by atoms with Crippen molar-refractivity contribution in [1.29, 1.82) is 0 Å². The van der Waals surface area contributed by atoms with Gasteiger partial charge in [-0.2, -0.15) is 0 Å². The third-order valence-corrected chi connectivity index (χ3v) is 3.79. The Kier molecular flexibility index (Phi) is 4.98. The van der Waals surface area contributed by atoms with E-state index in [0.29, 0.717) is 20.5 Å². The first-order valence-electron chi connectivity index (χ1n) is 5.98. The van der Waals surface area contributed by atoms with E-state index in [9.17, 15) is 14.9 Å². The second-order valence-corrected chi connectivity index (χ2v) is 5.60. The normalized spacial score (nSPS) is 10.2. The van der Waals surface area contributed by atoms with Crippen LogP contribution in [-0.4, -0.2) is 10.8 Å². The zero-order valence-corrected chi connectivity index (χ0v) is 13.2. The monoisotopic (exact) mass is 366 g/mol. The maximum atomic E-state index is 12.1. The van der Waals surface area contributed by atoms with Crippen LogP contribution in [0.1, 0.15) is 15.9 Å². The maximum absolute atomic E-state index is 12.1. The number of hydrogen-bond donors (Lipinski definition) is 2. The van der Waals surface area contributed by atoms with Gasteiger partial charge in [0.1, 0.15) is 0 Å². The Bertz CT molecular complexity index is 706. The average Bonchev–Trinajstić information content (AvgIpc) is 2.47. The van der Waals surface area contributed by atoms with Crippen molar-refractivity contribution >= 4 is 40.2 Å². The van der Waals surface area contributed by atoms with Crippen LogP contribution in [-0.2, 0) is 6.54 Å². The summed E-state index contributed by atoms with van der Waals surface area (Å²) in [4.78, 5) is 23.2. The molecule has 108 valence electrons. The highest BCUT2D eigenvalue weighted by Crippen LogP contribution is 2.21. The molecule has 21 heavy (non-hydrogen) atoms. The number of carbonyl (C=O) groups is 1. The van der Waals surface area contributed by atoms with Crippen LogP contribution < -0.4 is 5.32 Å². The molecule has 0 aliphatic rings. The van der Waals surface area contributed by atoms with E-state index >= 15 is 0 Å². The second-order valence-electron chi connectivity index (χ2n) is 4.23. The molecule has 2 aromatic carbocycles. The van der Waals surface area contributed by atoms with E-state index in [1.807, 2.05) is 0 Å². The fourth-order valence-corrected chi connectivity index (χ4v) is 2.43. The minimum Gasteiger partial charge on any atom is -0.348 e. The lowest BCUT2D eigenvalue weighted by Crippen LogP contribution is -2.23. The number of thiol groups is 1. The molecule has 0 radical (unpaired) electrons. The van der Waals surface area contributed by atoms with Crippen molar-refractivity contribution < 1.29 is 9.72 Å². The molecule has 2 aromatic rings. The minimum atomic E-state index is -0.467. The van der Waals surface area contributed by atoms with Crippen LogP contribution in [0.3, 0.4) is 0 Å². The number of amides is 1. The Labute approximate surface area is 135 Å². The standard InChI is InChI=1S/C14H11BrN2O3S/c15-12-6-5-10(21)7-11(12)14(18)16-8-9-3-1-2-4-13(9)17(19)20/h1-7,21H,8H2,(H,16,18). The van der Waals surface area contributed by atoms with E-state index in [2.05, 4.69) is 33.9 Å². The summed E-state index contributed by atoms with van der Waals surface area (Å²) < 4.78 is 0.639. The molecule has 0 heterocycles. The lowest BCUT2D eigenvalue weighted by atomic mass is 10.1. The van der Waals surface area contributed by atoms with Crippen molar-refractivity contribution in [3.63, 3.8) is 0 Å². The lowest BCUT2D eigenvalue weighted by Gasteiger charge is -2.08. The van der Waals surface area contributed by atoms with Gasteiger partial charge in [0.15, 0.2) is 0 Å². The van der Waals surface area contributed by atoms with Gasteiger partial charge in [0.05, 0.1) is 10.5 Å². The first kappa shape index (κ1) is 15.5. The number of nitrogens with one attached hydrogen (secondary N) is 1. The summed E-state index contributed by atoms with van der Waals surface area (Å²) in [6.07, 6.45) is 0. The number of halogens is 1. The van der Waals surface area contributed by atoms with E-state index in [0.717, 1.165) is 0 Å². The van der Waals surface area contributed by atoms with E-state index in [4.69, 9.17) is 0 Å². The summed E-state index contributed by atoms with van der Waals surface area (Å²) in [5.41, 5.74) is 0.870. The van der Waals surface area contributed by atoms with Crippen molar-refractivity contribution in [2.24, 2.45) is 0 Å². The van der Waals surface area contributed by atoms with Crippen LogP contribution in [0.5, 0.6) is 0 Å². The lowest BCUT2D eigenvalue weighted by molar-refractivity contribution is -0.385. The number of nitro benzene ring substituents is 1. The molecule has 0 atom stereocenters. The summed E-state index contributed by atoms with van der Waals surface area (Å²) in [6.45, 7) is 0.0826. The molecule has 0 saturated heterocycles. The quantitative estimate of drug-likeness (QED) is 0.493. The highest BCUT2D eigenvalue weighted by atomic mass is 79.9. The zero-order chi connectivity index (χ0) is 15.4. The number of hydrogen-bond acceptors (Lipinski definition) is 4. The molecule has 0 saturated carbocycles. The molecule has 7 heteroatoms. The molecule has 1 N–H and O–H groups in total. The maximum Gasteiger partial charge on any atom is 0.274 e. The summed E-state index contributed by atoms with van der Waals surface area (Å²) in [5.74, 6) is -0.323. The molecule has 0 aliphatic carbocycles. The summed E-state index contributed by atoms with van der Waals surface area (Å²) >= 11 is 7.48. The molecule has 0 aromatic heterocycles. The van der Waals surface area contributed by atoms with Gasteiger partial charge in [-0.3, -0.25) is 14.9 Å². The smallest absolute Gasteiger partial charge is 0.274 e. The van der Waals surface area contributed by atoms with E-state index in [1.54, 1.807) is 36.4 Å². The molecule has 5 nitrogen and oxygen atoms in total. The average molecular weight is 367 g/mol. The van der Waals surface area contributed by atoms with Crippen molar-refractivity contribution in [1.82, 2.24) is 5.32 Å². The van der Waals surface area contributed by atoms with E-state index < -0.39 is 4.92 Å². The first-order valence-corrected chi connectivity index (χ1v) is 7.22. The van der Waals surface area contributed by atoms with Gasteiger partial charge in [-0.05, 0) is 34.1 Å². The van der Waals surface area contributed by atoms with Gasteiger partial charge in [-0.1, -0.05) is 18.2 Å².